The number of alkyl halides is 2. The van der Waals surface area contributed by atoms with Gasteiger partial charge in [-0.05, 0) is 11.4 Å². The molecule has 0 saturated carbocycles. The van der Waals surface area contributed by atoms with Crippen molar-refractivity contribution in [2.75, 3.05) is 0 Å². The van der Waals surface area contributed by atoms with Crippen LogP contribution in [0.3, 0.4) is 0 Å². The predicted molar refractivity (Wildman–Crippen MR) is 41.8 cm³/mol. The van der Waals surface area contributed by atoms with Gasteiger partial charge in [0.25, 0.3) is 6.43 Å². The van der Waals surface area contributed by atoms with Gasteiger partial charge in [0.2, 0.25) is 0 Å². The van der Waals surface area contributed by atoms with Gasteiger partial charge in [0.15, 0.2) is 5.84 Å². The van der Waals surface area contributed by atoms with Crippen molar-refractivity contribution in [1.82, 2.24) is 0 Å². The van der Waals surface area contributed by atoms with Gasteiger partial charge in [-0.3, -0.25) is 0 Å². The molecule has 0 bridgehead atoms. The quantitative estimate of drug-likeness (QED) is 0.325. The van der Waals surface area contributed by atoms with Crippen LogP contribution >= 0.6 is 11.3 Å². The molecule has 0 saturated heterocycles. The maximum Gasteiger partial charge on any atom is 0.273 e. The molecule has 0 aromatic carbocycles. The Morgan fingerprint density at radius 3 is 2.83 bits per heavy atom. The third-order valence-corrected chi connectivity index (χ3v) is 2.20. The van der Waals surface area contributed by atoms with Gasteiger partial charge in [-0.15, -0.1) is 11.3 Å². The number of rotatable bonds is 2. The maximum absolute atomic E-state index is 12.2. The molecule has 1 rings (SSSR count). The molecule has 0 unspecified atom stereocenters. The average molecular weight is 192 g/mol. The van der Waals surface area contributed by atoms with Crippen LogP contribution in [-0.2, 0) is 0 Å². The van der Waals surface area contributed by atoms with Gasteiger partial charge in [-0.1, -0.05) is 5.16 Å². The fraction of sp³-hybridized carbons (Fsp3) is 0.167. The van der Waals surface area contributed by atoms with Crippen molar-refractivity contribution < 1.29 is 14.0 Å². The van der Waals surface area contributed by atoms with Gasteiger partial charge in [0.05, 0.1) is 4.88 Å². The summed E-state index contributed by atoms with van der Waals surface area (Å²) in [6, 6.07) is 1.39. The third kappa shape index (κ3) is 1.53. The molecular formula is C6H6F2N2OS. The summed E-state index contributed by atoms with van der Waals surface area (Å²) >= 11 is 0.879. The van der Waals surface area contributed by atoms with E-state index >= 15 is 0 Å². The van der Waals surface area contributed by atoms with Crippen molar-refractivity contribution in [2.45, 2.75) is 6.43 Å². The largest absolute Gasteiger partial charge is 0.409 e. The van der Waals surface area contributed by atoms with Crippen molar-refractivity contribution in [2.24, 2.45) is 10.9 Å². The highest BCUT2D eigenvalue weighted by Crippen LogP contribution is 2.27. The monoisotopic (exact) mass is 192 g/mol. The van der Waals surface area contributed by atoms with Gasteiger partial charge < -0.3 is 10.9 Å². The summed E-state index contributed by atoms with van der Waals surface area (Å²) in [6.07, 6.45) is -2.58. The molecule has 1 aromatic rings. The van der Waals surface area contributed by atoms with Crippen molar-refractivity contribution in [1.29, 1.82) is 0 Å². The third-order valence-electron chi connectivity index (χ3n) is 1.28. The Hall–Kier alpha value is -1.17. The van der Waals surface area contributed by atoms with E-state index in [0.29, 0.717) is 0 Å². The van der Waals surface area contributed by atoms with Gasteiger partial charge in [0, 0.05) is 5.56 Å². The molecule has 0 spiro atoms. The zero-order chi connectivity index (χ0) is 9.14. The molecule has 6 heteroatoms. The molecule has 0 atom stereocenters. The van der Waals surface area contributed by atoms with Crippen LogP contribution in [0, 0.1) is 0 Å². The predicted octanol–water partition coefficient (Wildman–Crippen LogP) is 1.78. The lowest BCUT2D eigenvalue weighted by Gasteiger charge is -1.98. The van der Waals surface area contributed by atoms with Crippen LogP contribution in [0.5, 0.6) is 0 Å². The van der Waals surface area contributed by atoms with E-state index in [-0.39, 0.29) is 16.3 Å². The number of hydrogen-bond donors (Lipinski definition) is 2. The Morgan fingerprint density at radius 2 is 2.33 bits per heavy atom. The number of nitrogens with two attached hydrogens (primary N) is 1. The minimum atomic E-state index is -2.58. The fourth-order valence-electron chi connectivity index (χ4n) is 0.755. The highest BCUT2D eigenvalue weighted by atomic mass is 32.1. The lowest BCUT2D eigenvalue weighted by Crippen LogP contribution is -2.13. The van der Waals surface area contributed by atoms with Crippen LogP contribution in [0.15, 0.2) is 16.6 Å². The van der Waals surface area contributed by atoms with Crippen molar-refractivity contribution in [3.8, 4) is 0 Å². The normalized spacial score (nSPS) is 12.4. The van der Waals surface area contributed by atoms with Crippen LogP contribution in [0.1, 0.15) is 16.9 Å². The van der Waals surface area contributed by atoms with Crippen LogP contribution in [0.25, 0.3) is 0 Å². The van der Waals surface area contributed by atoms with E-state index in [4.69, 9.17) is 10.9 Å². The van der Waals surface area contributed by atoms with Crippen molar-refractivity contribution in [3.05, 3.63) is 21.9 Å². The van der Waals surface area contributed by atoms with Gasteiger partial charge in [-0.2, -0.15) is 0 Å². The summed E-state index contributed by atoms with van der Waals surface area (Å²) in [5.74, 6) is -0.286. The molecule has 66 valence electrons. The molecule has 0 amide bonds. The molecule has 12 heavy (non-hydrogen) atoms. The number of nitrogens with zero attached hydrogens (tertiary/aromatic N) is 1. The van der Waals surface area contributed by atoms with Crippen LogP contribution in [0.4, 0.5) is 8.78 Å². The molecule has 0 aliphatic carbocycles. The molecule has 1 heterocycles. The lowest BCUT2D eigenvalue weighted by molar-refractivity contribution is 0.155. The summed E-state index contributed by atoms with van der Waals surface area (Å²) in [7, 11) is 0. The number of hydrogen-bond acceptors (Lipinski definition) is 3. The Morgan fingerprint density at radius 1 is 1.67 bits per heavy atom. The minimum Gasteiger partial charge on any atom is -0.409 e. The smallest absolute Gasteiger partial charge is 0.273 e. The minimum absolute atomic E-state index is 0.0949. The van der Waals surface area contributed by atoms with E-state index in [1.165, 1.54) is 11.4 Å². The van der Waals surface area contributed by atoms with E-state index in [0.717, 1.165) is 11.3 Å². The second kappa shape index (κ2) is 3.48. The number of amidine groups is 1. The standard InChI is InChI=1S/C6H6F2N2OS/c7-5(8)4-3(1-2-12-4)6(9)10-11/h1-2,5,11H,(H2,9,10). The van der Waals surface area contributed by atoms with E-state index in [2.05, 4.69) is 5.16 Å². The molecular weight excluding hydrogens is 186 g/mol. The molecule has 3 nitrogen and oxygen atoms in total. The highest BCUT2D eigenvalue weighted by molar-refractivity contribution is 7.10. The Labute approximate surface area is 71.1 Å². The molecule has 0 aliphatic heterocycles. The fourth-order valence-corrected chi connectivity index (χ4v) is 1.51. The Bertz CT molecular complexity index is 297. The first kappa shape index (κ1) is 8.92. The first-order valence-corrected chi connectivity index (χ1v) is 3.88. The maximum atomic E-state index is 12.2. The molecule has 3 N–H and O–H groups in total. The summed E-state index contributed by atoms with van der Waals surface area (Å²) in [4.78, 5) is -0.176. The Balaban J connectivity index is 3.07. The van der Waals surface area contributed by atoms with Crippen molar-refractivity contribution in [3.63, 3.8) is 0 Å². The van der Waals surface area contributed by atoms with Gasteiger partial charge in [-0.25, -0.2) is 8.78 Å². The highest BCUT2D eigenvalue weighted by Gasteiger charge is 2.16. The van der Waals surface area contributed by atoms with E-state index in [9.17, 15) is 8.78 Å². The zero-order valence-electron chi connectivity index (χ0n) is 5.87. The number of oxime groups is 1. The number of halogens is 2. The van der Waals surface area contributed by atoms with Gasteiger partial charge in [0.1, 0.15) is 0 Å². The summed E-state index contributed by atoms with van der Waals surface area (Å²) < 4.78 is 24.4. The summed E-state index contributed by atoms with van der Waals surface area (Å²) in [6.45, 7) is 0. The molecule has 1 aromatic heterocycles. The molecule has 0 aliphatic rings. The second-order valence-corrected chi connectivity index (χ2v) is 2.93. The van der Waals surface area contributed by atoms with Crippen molar-refractivity contribution >= 4 is 17.2 Å². The van der Waals surface area contributed by atoms with Gasteiger partial charge >= 0.3 is 0 Å². The van der Waals surface area contributed by atoms with Crippen LogP contribution < -0.4 is 5.73 Å². The summed E-state index contributed by atoms with van der Waals surface area (Å²) in [5.41, 5.74) is 5.25. The summed E-state index contributed by atoms with van der Waals surface area (Å²) in [5, 5.41) is 12.3. The molecule has 0 radical (unpaired) electrons. The first-order valence-electron chi connectivity index (χ1n) is 3.00. The molecule has 0 fully saturated rings. The average Bonchev–Trinajstić information content (AvgIpc) is 2.50. The van der Waals surface area contributed by atoms with Crippen LogP contribution in [0.2, 0.25) is 0 Å². The SMILES string of the molecule is N/C(=N\O)c1ccsc1C(F)F. The first-order chi connectivity index (χ1) is 5.66. The Kier molecular flexibility index (Phi) is 2.59. The topological polar surface area (TPSA) is 58.6 Å². The van der Waals surface area contributed by atoms with Crippen LogP contribution in [-0.4, -0.2) is 11.0 Å². The lowest BCUT2D eigenvalue weighted by atomic mass is 10.2. The number of thiophene rings is 1. The zero-order valence-corrected chi connectivity index (χ0v) is 6.68. The van der Waals surface area contributed by atoms with E-state index in [1.807, 2.05) is 0 Å². The van der Waals surface area contributed by atoms with E-state index < -0.39 is 6.43 Å². The second-order valence-electron chi connectivity index (χ2n) is 1.98. The van der Waals surface area contributed by atoms with E-state index in [1.54, 1.807) is 0 Å².